The van der Waals surface area contributed by atoms with Crippen molar-refractivity contribution in [2.75, 3.05) is 13.2 Å². The first-order valence-electron chi connectivity index (χ1n) is 11.2. The van der Waals surface area contributed by atoms with Crippen LogP contribution < -0.4 is 0 Å². The van der Waals surface area contributed by atoms with Gasteiger partial charge >= 0.3 is 6.00 Å². The van der Waals surface area contributed by atoms with Crippen LogP contribution >= 0.6 is 33.2 Å². The second kappa shape index (κ2) is 20.1. The summed E-state index contributed by atoms with van der Waals surface area (Å²) in [5.41, 5.74) is 1.12. The average molecular weight is 458 g/mol. The van der Waals surface area contributed by atoms with E-state index in [1.807, 2.05) is 6.92 Å². The van der Waals surface area contributed by atoms with Gasteiger partial charge in [-0.2, -0.15) is 0 Å². The third-order valence-corrected chi connectivity index (χ3v) is 7.47. The van der Waals surface area contributed by atoms with Crippen LogP contribution in [-0.2, 0) is 4.74 Å². The van der Waals surface area contributed by atoms with Crippen molar-refractivity contribution < 1.29 is 4.74 Å². The minimum atomic E-state index is -2.36. The van der Waals surface area contributed by atoms with Gasteiger partial charge in [0, 0.05) is 6.61 Å². The number of hydrogen-bond donors (Lipinski definition) is 0. The topological polar surface area (TPSA) is 9.23 Å². The van der Waals surface area contributed by atoms with E-state index in [1.54, 1.807) is 0 Å². The molecule has 0 aliphatic carbocycles. The zero-order chi connectivity index (χ0) is 20.2. The van der Waals surface area contributed by atoms with Crippen molar-refractivity contribution in [2.45, 2.75) is 116 Å². The molecule has 0 aromatic carbocycles. The van der Waals surface area contributed by atoms with Crippen LogP contribution in [0.3, 0.4) is 0 Å². The zero-order valence-electron chi connectivity index (χ0n) is 17.7. The SMILES string of the molecule is C=C(C)COCCCCCCCCCCCCCCCCCC[Si](Cl)(Cl)Cl. The minimum Gasteiger partial charge on any atom is -0.377 e. The van der Waals surface area contributed by atoms with Gasteiger partial charge < -0.3 is 4.74 Å². The molecule has 0 saturated carbocycles. The molecule has 27 heavy (non-hydrogen) atoms. The van der Waals surface area contributed by atoms with Gasteiger partial charge in [0.1, 0.15) is 0 Å². The molecule has 0 aromatic rings. The van der Waals surface area contributed by atoms with Gasteiger partial charge in [-0.1, -0.05) is 108 Å². The second-order valence-electron chi connectivity index (χ2n) is 8.03. The molecule has 0 unspecified atom stereocenters. The molecule has 5 heteroatoms. The van der Waals surface area contributed by atoms with E-state index in [-0.39, 0.29) is 0 Å². The fourth-order valence-electron chi connectivity index (χ4n) is 3.25. The van der Waals surface area contributed by atoms with E-state index in [4.69, 9.17) is 38.0 Å². The van der Waals surface area contributed by atoms with Gasteiger partial charge in [-0.25, -0.2) is 0 Å². The van der Waals surface area contributed by atoms with Gasteiger partial charge in [0.25, 0.3) is 0 Å². The Kier molecular flexibility index (Phi) is 20.7. The van der Waals surface area contributed by atoms with Gasteiger partial charge in [0.2, 0.25) is 0 Å². The summed E-state index contributed by atoms with van der Waals surface area (Å²) in [6.45, 7) is 7.47. The largest absolute Gasteiger partial charge is 0.377 e. The zero-order valence-corrected chi connectivity index (χ0v) is 21.0. The molecule has 0 aliphatic heterocycles. The minimum absolute atomic E-state index is 0.722. The predicted molar refractivity (Wildman–Crippen MR) is 128 cm³/mol. The first-order valence-corrected chi connectivity index (χ1v) is 16.4. The van der Waals surface area contributed by atoms with Gasteiger partial charge in [-0.15, -0.1) is 33.2 Å². The molecular formula is C22H43Cl3OSi. The Bertz CT molecular complexity index is 332. The van der Waals surface area contributed by atoms with Gasteiger partial charge in [-0.3, -0.25) is 0 Å². The highest BCUT2D eigenvalue weighted by atomic mass is 35.8. The quantitative estimate of drug-likeness (QED) is 0.0721. The van der Waals surface area contributed by atoms with Crippen molar-refractivity contribution >= 4 is 39.2 Å². The molecule has 0 saturated heterocycles. The lowest BCUT2D eigenvalue weighted by atomic mass is 10.0. The summed E-state index contributed by atoms with van der Waals surface area (Å²) < 4.78 is 5.52. The molecule has 0 atom stereocenters. The number of hydrogen-bond acceptors (Lipinski definition) is 1. The van der Waals surface area contributed by atoms with E-state index >= 15 is 0 Å². The first-order chi connectivity index (χ1) is 12.9. The fraction of sp³-hybridized carbons (Fsp3) is 0.909. The summed E-state index contributed by atoms with van der Waals surface area (Å²) in [5.74, 6) is 0. The van der Waals surface area contributed by atoms with Crippen LogP contribution in [-0.4, -0.2) is 19.2 Å². The second-order valence-corrected chi connectivity index (χ2v) is 17.3. The predicted octanol–water partition coefficient (Wildman–Crippen LogP) is 9.48. The maximum Gasteiger partial charge on any atom is 0.341 e. The van der Waals surface area contributed by atoms with Crippen LogP contribution in [0.4, 0.5) is 0 Å². The van der Waals surface area contributed by atoms with Crippen LogP contribution in [0.25, 0.3) is 0 Å². The van der Waals surface area contributed by atoms with Crippen LogP contribution in [0.1, 0.15) is 110 Å². The van der Waals surface area contributed by atoms with Crippen molar-refractivity contribution in [1.82, 2.24) is 0 Å². The Hall–Kier alpha value is 0.787. The highest BCUT2D eigenvalue weighted by Crippen LogP contribution is 2.27. The highest BCUT2D eigenvalue weighted by molar-refractivity contribution is 7.64. The normalized spacial score (nSPS) is 11.9. The van der Waals surface area contributed by atoms with Gasteiger partial charge in [-0.05, 0) is 19.4 Å². The van der Waals surface area contributed by atoms with Gasteiger partial charge in [0.05, 0.1) is 6.61 Å². The monoisotopic (exact) mass is 456 g/mol. The molecule has 162 valence electrons. The average Bonchev–Trinajstić information content (AvgIpc) is 2.58. The number of ether oxygens (including phenoxy) is 1. The molecule has 0 spiro atoms. The molecule has 0 fully saturated rings. The van der Waals surface area contributed by atoms with Crippen molar-refractivity contribution in [2.24, 2.45) is 0 Å². The molecule has 0 rings (SSSR count). The van der Waals surface area contributed by atoms with E-state index in [2.05, 4.69) is 6.58 Å². The number of rotatable bonds is 21. The number of unbranched alkanes of at least 4 members (excludes halogenated alkanes) is 15. The Morgan fingerprint density at radius 2 is 0.963 bits per heavy atom. The first kappa shape index (κ1) is 27.8. The molecule has 0 aliphatic rings. The molecule has 0 radical (unpaired) electrons. The van der Waals surface area contributed by atoms with Crippen molar-refractivity contribution in [3.8, 4) is 0 Å². The fourth-order valence-corrected chi connectivity index (χ4v) is 5.10. The summed E-state index contributed by atoms with van der Waals surface area (Å²) in [4.78, 5) is 0. The number of halogens is 3. The lowest BCUT2D eigenvalue weighted by Crippen LogP contribution is -2.07. The van der Waals surface area contributed by atoms with Crippen LogP contribution in [0, 0.1) is 0 Å². The Balaban J connectivity index is 3.04. The van der Waals surface area contributed by atoms with E-state index in [0.717, 1.165) is 31.3 Å². The summed E-state index contributed by atoms with van der Waals surface area (Å²) in [5, 5.41) is 0. The molecular weight excluding hydrogens is 415 g/mol. The molecule has 0 aromatic heterocycles. The molecule has 0 N–H and O–H groups in total. The van der Waals surface area contributed by atoms with Gasteiger partial charge in [0.15, 0.2) is 0 Å². The lowest BCUT2D eigenvalue weighted by molar-refractivity contribution is 0.151. The summed E-state index contributed by atoms with van der Waals surface area (Å²) in [6, 6.07) is -1.54. The maximum absolute atomic E-state index is 5.89. The third-order valence-electron chi connectivity index (χ3n) is 4.85. The van der Waals surface area contributed by atoms with Crippen molar-refractivity contribution in [1.29, 1.82) is 0 Å². The van der Waals surface area contributed by atoms with E-state index < -0.39 is 6.00 Å². The molecule has 0 amide bonds. The summed E-state index contributed by atoms with van der Waals surface area (Å²) >= 11 is 17.7. The van der Waals surface area contributed by atoms with Crippen molar-refractivity contribution in [3.05, 3.63) is 12.2 Å². The smallest absolute Gasteiger partial charge is 0.341 e. The highest BCUT2D eigenvalue weighted by Gasteiger charge is 2.23. The third kappa shape index (κ3) is 26.8. The van der Waals surface area contributed by atoms with E-state index in [0.29, 0.717) is 0 Å². The maximum atomic E-state index is 5.89. The van der Waals surface area contributed by atoms with E-state index in [1.165, 1.54) is 96.3 Å². The molecule has 0 heterocycles. The summed E-state index contributed by atoms with van der Waals surface area (Å²) in [7, 11) is 0. The van der Waals surface area contributed by atoms with E-state index in [9.17, 15) is 0 Å². The Morgan fingerprint density at radius 3 is 1.30 bits per heavy atom. The van der Waals surface area contributed by atoms with Crippen LogP contribution in [0.5, 0.6) is 0 Å². The summed E-state index contributed by atoms with van der Waals surface area (Å²) in [6.07, 6.45) is 21.5. The standard InChI is InChI=1S/C22H43Cl3OSi/c1-22(2)21-26-19-17-15-13-11-9-7-5-3-4-6-8-10-12-14-16-18-20-27(23,24)25/h1,3-21H2,2H3. The molecule has 0 bridgehead atoms. The van der Waals surface area contributed by atoms with Crippen molar-refractivity contribution in [3.63, 3.8) is 0 Å². The molecule has 1 nitrogen and oxygen atoms in total. The van der Waals surface area contributed by atoms with Crippen LogP contribution in [0.2, 0.25) is 6.04 Å². The Morgan fingerprint density at radius 1 is 0.630 bits per heavy atom. The van der Waals surface area contributed by atoms with Crippen LogP contribution in [0.15, 0.2) is 12.2 Å². The lowest BCUT2D eigenvalue weighted by Gasteiger charge is -2.07. The Labute approximate surface area is 184 Å².